The van der Waals surface area contributed by atoms with E-state index in [-0.39, 0.29) is 11.9 Å². The normalized spacial score (nSPS) is 12.4. The minimum absolute atomic E-state index is 0.0277. The molecule has 0 radical (unpaired) electrons. The van der Waals surface area contributed by atoms with E-state index in [2.05, 4.69) is 15.6 Å². The van der Waals surface area contributed by atoms with Crippen molar-refractivity contribution in [1.82, 2.24) is 20.3 Å². The minimum atomic E-state index is -0.0960. The molecule has 0 fully saturated rings. The first kappa shape index (κ1) is 10.6. The SMILES string of the molecule is CC(N)CC(=O)NCCn1ccnn1. The molecular formula is C8H15N5O. The second-order valence-corrected chi connectivity index (χ2v) is 3.20. The number of carbonyl (C=O) groups is 1. The summed E-state index contributed by atoms with van der Waals surface area (Å²) in [5, 5.41) is 10.2. The van der Waals surface area contributed by atoms with Crippen LogP contribution in [0.15, 0.2) is 12.4 Å². The number of aromatic nitrogens is 3. The fraction of sp³-hybridized carbons (Fsp3) is 0.625. The van der Waals surface area contributed by atoms with Gasteiger partial charge in [0.15, 0.2) is 0 Å². The van der Waals surface area contributed by atoms with Crippen LogP contribution < -0.4 is 11.1 Å². The van der Waals surface area contributed by atoms with E-state index in [0.29, 0.717) is 19.5 Å². The number of amides is 1. The number of nitrogens with one attached hydrogen (secondary N) is 1. The van der Waals surface area contributed by atoms with Crippen LogP contribution in [0.1, 0.15) is 13.3 Å². The van der Waals surface area contributed by atoms with E-state index >= 15 is 0 Å². The summed E-state index contributed by atoms with van der Waals surface area (Å²) in [5.41, 5.74) is 5.47. The lowest BCUT2D eigenvalue weighted by Crippen LogP contribution is -2.32. The maximum absolute atomic E-state index is 11.1. The summed E-state index contributed by atoms with van der Waals surface area (Å²) in [5.74, 6) is -0.0277. The molecule has 1 aromatic rings. The van der Waals surface area contributed by atoms with Gasteiger partial charge in [-0.2, -0.15) is 0 Å². The van der Waals surface area contributed by atoms with Gasteiger partial charge in [0.05, 0.1) is 12.7 Å². The zero-order valence-electron chi connectivity index (χ0n) is 8.18. The van der Waals surface area contributed by atoms with Crippen LogP contribution in [0, 0.1) is 0 Å². The van der Waals surface area contributed by atoms with Gasteiger partial charge < -0.3 is 11.1 Å². The third-order valence-electron chi connectivity index (χ3n) is 1.64. The first-order valence-corrected chi connectivity index (χ1v) is 4.55. The standard InChI is InChI=1S/C8H15N5O/c1-7(9)6-8(14)10-2-4-13-5-3-11-12-13/h3,5,7H,2,4,6,9H2,1H3,(H,10,14). The van der Waals surface area contributed by atoms with E-state index in [0.717, 1.165) is 0 Å². The van der Waals surface area contributed by atoms with Crippen LogP contribution in [0.2, 0.25) is 0 Å². The molecule has 6 heteroatoms. The molecule has 3 N–H and O–H groups in total. The monoisotopic (exact) mass is 197 g/mol. The van der Waals surface area contributed by atoms with Gasteiger partial charge in [0.25, 0.3) is 0 Å². The molecule has 0 aliphatic heterocycles. The quantitative estimate of drug-likeness (QED) is 0.642. The largest absolute Gasteiger partial charge is 0.354 e. The summed E-state index contributed by atoms with van der Waals surface area (Å²) < 4.78 is 1.66. The molecule has 0 aliphatic rings. The minimum Gasteiger partial charge on any atom is -0.354 e. The second kappa shape index (κ2) is 5.33. The van der Waals surface area contributed by atoms with Crippen molar-refractivity contribution in [2.24, 2.45) is 5.73 Å². The third kappa shape index (κ3) is 3.99. The molecule has 0 aliphatic carbocycles. The van der Waals surface area contributed by atoms with E-state index in [1.807, 2.05) is 0 Å². The van der Waals surface area contributed by atoms with Crippen LogP contribution >= 0.6 is 0 Å². The van der Waals surface area contributed by atoms with Crippen molar-refractivity contribution in [2.45, 2.75) is 25.9 Å². The highest BCUT2D eigenvalue weighted by Gasteiger charge is 2.03. The molecule has 78 valence electrons. The van der Waals surface area contributed by atoms with Gasteiger partial charge in [0, 0.05) is 25.2 Å². The lowest BCUT2D eigenvalue weighted by atomic mass is 10.2. The Labute approximate surface area is 82.5 Å². The molecule has 1 heterocycles. The first-order chi connectivity index (χ1) is 6.68. The van der Waals surface area contributed by atoms with Crippen molar-refractivity contribution >= 4 is 5.91 Å². The Morgan fingerprint density at radius 1 is 1.71 bits per heavy atom. The summed E-state index contributed by atoms with van der Waals surface area (Å²) in [6.07, 6.45) is 3.71. The Morgan fingerprint density at radius 3 is 3.07 bits per heavy atom. The van der Waals surface area contributed by atoms with Crippen LogP contribution in [0.3, 0.4) is 0 Å². The molecular weight excluding hydrogens is 182 g/mol. The van der Waals surface area contributed by atoms with E-state index in [1.54, 1.807) is 24.0 Å². The number of hydrogen-bond acceptors (Lipinski definition) is 4. The predicted molar refractivity (Wildman–Crippen MR) is 51.3 cm³/mol. The van der Waals surface area contributed by atoms with Crippen molar-refractivity contribution in [2.75, 3.05) is 6.54 Å². The van der Waals surface area contributed by atoms with Crippen LogP contribution in [0.4, 0.5) is 0 Å². The third-order valence-corrected chi connectivity index (χ3v) is 1.64. The lowest BCUT2D eigenvalue weighted by molar-refractivity contribution is -0.121. The topological polar surface area (TPSA) is 85.8 Å². The molecule has 0 aromatic carbocycles. The van der Waals surface area contributed by atoms with Gasteiger partial charge in [-0.05, 0) is 6.92 Å². The Bertz CT molecular complexity index is 269. The second-order valence-electron chi connectivity index (χ2n) is 3.20. The van der Waals surface area contributed by atoms with Crippen LogP contribution in [-0.4, -0.2) is 33.5 Å². The highest BCUT2D eigenvalue weighted by molar-refractivity contribution is 5.76. The van der Waals surface area contributed by atoms with Gasteiger partial charge in [-0.3, -0.25) is 9.48 Å². The highest BCUT2D eigenvalue weighted by atomic mass is 16.1. The Balaban J connectivity index is 2.12. The summed E-state index contributed by atoms with van der Waals surface area (Å²) in [7, 11) is 0. The lowest BCUT2D eigenvalue weighted by Gasteiger charge is -2.06. The molecule has 0 saturated carbocycles. The zero-order chi connectivity index (χ0) is 10.4. The Hall–Kier alpha value is -1.43. The molecule has 1 amide bonds. The molecule has 1 atom stereocenters. The summed E-state index contributed by atoms with van der Waals surface area (Å²) in [4.78, 5) is 11.1. The number of hydrogen-bond donors (Lipinski definition) is 2. The van der Waals surface area contributed by atoms with Gasteiger partial charge in [-0.1, -0.05) is 5.21 Å². The van der Waals surface area contributed by atoms with Crippen LogP contribution in [-0.2, 0) is 11.3 Å². The highest BCUT2D eigenvalue weighted by Crippen LogP contribution is 1.85. The number of nitrogens with two attached hydrogens (primary N) is 1. The first-order valence-electron chi connectivity index (χ1n) is 4.55. The average molecular weight is 197 g/mol. The molecule has 14 heavy (non-hydrogen) atoms. The van der Waals surface area contributed by atoms with Gasteiger partial charge in [0.1, 0.15) is 0 Å². The van der Waals surface area contributed by atoms with Crippen LogP contribution in [0.5, 0.6) is 0 Å². The van der Waals surface area contributed by atoms with Crippen LogP contribution in [0.25, 0.3) is 0 Å². The Morgan fingerprint density at radius 2 is 2.50 bits per heavy atom. The maximum Gasteiger partial charge on any atom is 0.221 e. The van der Waals surface area contributed by atoms with Gasteiger partial charge in [-0.25, -0.2) is 0 Å². The van der Waals surface area contributed by atoms with Gasteiger partial charge in [-0.15, -0.1) is 5.10 Å². The van der Waals surface area contributed by atoms with Crippen molar-refractivity contribution in [3.8, 4) is 0 Å². The Kier molecular flexibility index (Phi) is 4.06. The van der Waals surface area contributed by atoms with E-state index in [9.17, 15) is 4.79 Å². The molecule has 1 aromatic heterocycles. The van der Waals surface area contributed by atoms with Crippen molar-refractivity contribution in [3.63, 3.8) is 0 Å². The summed E-state index contributed by atoms with van der Waals surface area (Å²) in [6, 6.07) is -0.0960. The number of carbonyl (C=O) groups excluding carboxylic acids is 1. The average Bonchev–Trinajstić information content (AvgIpc) is 2.55. The summed E-state index contributed by atoms with van der Waals surface area (Å²) in [6.45, 7) is 2.98. The zero-order valence-corrected chi connectivity index (χ0v) is 8.18. The van der Waals surface area contributed by atoms with E-state index in [4.69, 9.17) is 5.73 Å². The van der Waals surface area contributed by atoms with E-state index in [1.165, 1.54) is 0 Å². The number of nitrogens with zero attached hydrogens (tertiary/aromatic N) is 3. The van der Waals surface area contributed by atoms with Gasteiger partial charge in [0.2, 0.25) is 5.91 Å². The molecule has 0 saturated heterocycles. The van der Waals surface area contributed by atoms with Crippen molar-refractivity contribution in [3.05, 3.63) is 12.4 Å². The molecule has 1 unspecified atom stereocenters. The van der Waals surface area contributed by atoms with Crippen molar-refractivity contribution in [1.29, 1.82) is 0 Å². The van der Waals surface area contributed by atoms with E-state index < -0.39 is 0 Å². The molecule has 0 spiro atoms. The smallest absolute Gasteiger partial charge is 0.221 e. The maximum atomic E-state index is 11.1. The molecule has 6 nitrogen and oxygen atoms in total. The van der Waals surface area contributed by atoms with Crippen molar-refractivity contribution < 1.29 is 4.79 Å². The predicted octanol–water partition coefficient (Wildman–Crippen LogP) is -0.868. The fourth-order valence-electron chi connectivity index (χ4n) is 1.03. The summed E-state index contributed by atoms with van der Waals surface area (Å²) >= 11 is 0. The van der Waals surface area contributed by atoms with Gasteiger partial charge >= 0.3 is 0 Å². The number of rotatable bonds is 5. The fourth-order valence-corrected chi connectivity index (χ4v) is 1.03. The molecule has 1 rings (SSSR count). The molecule has 0 bridgehead atoms.